The number of carboxylic acids is 2. The molecule has 0 aliphatic heterocycles. The van der Waals surface area contributed by atoms with Crippen LogP contribution in [-0.2, 0) is 59.2 Å². The number of nitrogens with two attached hydrogens (primary N) is 2. The molecule has 388 valence electrons. The minimum absolute atomic E-state index is 0.0106. The molecule has 2 aromatic rings. The average Bonchev–Trinajstić information content (AvgIpc) is 3.68. The van der Waals surface area contributed by atoms with Gasteiger partial charge in [-0.05, 0) is 43.7 Å². The molecule has 2 rings (SSSR count). The van der Waals surface area contributed by atoms with Gasteiger partial charge in [0, 0.05) is 35.0 Å². The van der Waals surface area contributed by atoms with E-state index in [1.54, 1.807) is 58.2 Å². The largest absolute Gasteiger partial charge is 0.481 e. The van der Waals surface area contributed by atoms with Crippen LogP contribution in [0.3, 0.4) is 0 Å². The Bertz CT molecular complexity index is 2230. The van der Waals surface area contributed by atoms with Gasteiger partial charge in [-0.2, -0.15) is 25.3 Å². The maximum Gasteiger partial charge on any atom is 0.327 e. The predicted molar refractivity (Wildman–Crippen MR) is 258 cm³/mol. The van der Waals surface area contributed by atoms with Gasteiger partial charge in [0.05, 0.1) is 25.0 Å². The number of aliphatic hydroxyl groups is 1. The second kappa shape index (κ2) is 28.3. The SMILES string of the molecule is CC(C)C[C@H](NC(=O)[C@H](Cc1c[nH]c2ccccc12)NC(=O)[C@H](CC(N)=O)NC(=O)[C@@H](NC(=O)[C@H](CC(=O)O)NC(=O)[C@H](C)NC(=O)[C@@H](N)CS)[C@@H](C)O)C(=O)N[C@H](C(=O)N[C@@H](CS)C(=O)O)C(C)C. The summed E-state index contributed by atoms with van der Waals surface area (Å²) >= 11 is 7.88. The standard InChI is InChI=1S/C43H65N11O14S2/c1-18(2)11-26(39(63)53-33(19(3)4)41(65)52-30(17-70)43(67)68)49-37(61)27(12-22-15-46-25-10-8-7-9-23(22)25)50-38(62)28(13-31(45)56)51-42(66)34(21(6)55)54-40(64)29(14-32(57)58)48-35(59)20(5)47-36(60)24(44)16-69/h7-10,15,18-21,24,26-30,33-34,46,55,69-70H,11-14,16-17,44H2,1-6H3,(H2,45,56)(H,47,60)(H,48,59)(H,49,61)(H,50,62)(H,51,66)(H,52,65)(H,53,63)(H,54,64)(H,57,58)(H,67,68)/t20-,21+,24-,26-,27-,28-,29-,30-,33-,34-/m0/s1. The molecule has 0 saturated heterocycles. The van der Waals surface area contributed by atoms with Gasteiger partial charge in [-0.15, -0.1) is 0 Å². The smallest absolute Gasteiger partial charge is 0.327 e. The number of carboxylic acid groups (broad SMARTS) is 2. The normalized spacial score (nSPS) is 15.5. The fourth-order valence-electron chi connectivity index (χ4n) is 6.69. The average molecular weight is 1020 g/mol. The molecule has 27 heteroatoms. The van der Waals surface area contributed by atoms with Gasteiger partial charge < -0.3 is 74.3 Å². The van der Waals surface area contributed by atoms with Gasteiger partial charge >= 0.3 is 11.9 Å². The molecule has 1 heterocycles. The molecule has 0 aliphatic carbocycles. The maximum absolute atomic E-state index is 14.4. The molecule has 0 spiro atoms. The topological polar surface area (TPSA) is 413 Å². The van der Waals surface area contributed by atoms with E-state index >= 15 is 0 Å². The Morgan fingerprint density at radius 1 is 0.600 bits per heavy atom. The Labute approximate surface area is 414 Å². The number of carbonyl (C=O) groups excluding carboxylic acids is 9. The Morgan fingerprint density at radius 3 is 1.64 bits per heavy atom. The third-order valence-corrected chi connectivity index (χ3v) is 11.3. The van der Waals surface area contributed by atoms with Gasteiger partial charge in [0.1, 0.15) is 48.3 Å². The monoisotopic (exact) mass is 1020 g/mol. The van der Waals surface area contributed by atoms with Gasteiger partial charge in [-0.1, -0.05) is 45.9 Å². The van der Waals surface area contributed by atoms with Crippen molar-refractivity contribution in [3.63, 3.8) is 0 Å². The summed E-state index contributed by atoms with van der Waals surface area (Å²) < 4.78 is 0. The molecule has 0 aliphatic rings. The number of thiol groups is 2. The van der Waals surface area contributed by atoms with Crippen molar-refractivity contribution < 1.29 is 68.1 Å². The highest BCUT2D eigenvalue weighted by atomic mass is 32.1. The van der Waals surface area contributed by atoms with Crippen molar-refractivity contribution in [3.05, 3.63) is 36.0 Å². The van der Waals surface area contributed by atoms with Crippen molar-refractivity contribution in [3.8, 4) is 0 Å². The van der Waals surface area contributed by atoms with Crippen LogP contribution >= 0.6 is 25.3 Å². The van der Waals surface area contributed by atoms with E-state index in [9.17, 15) is 68.1 Å². The van der Waals surface area contributed by atoms with Crippen molar-refractivity contribution in [2.45, 2.75) is 128 Å². The molecule has 0 saturated carbocycles. The minimum Gasteiger partial charge on any atom is -0.481 e. The second-order valence-corrected chi connectivity index (χ2v) is 18.0. The molecular formula is C43H65N11O14S2. The van der Waals surface area contributed by atoms with Crippen LogP contribution in [0.25, 0.3) is 10.9 Å². The van der Waals surface area contributed by atoms with E-state index in [2.05, 4.69) is 72.8 Å². The highest BCUT2D eigenvalue weighted by molar-refractivity contribution is 7.80. The summed E-state index contributed by atoms with van der Waals surface area (Å²) in [4.78, 5) is 147. The zero-order valence-corrected chi connectivity index (χ0v) is 41.2. The van der Waals surface area contributed by atoms with E-state index < -0.39 is 144 Å². The van der Waals surface area contributed by atoms with Crippen LogP contribution in [0.5, 0.6) is 0 Å². The second-order valence-electron chi connectivity index (χ2n) is 17.3. The number of aromatic nitrogens is 1. The number of nitrogens with one attached hydrogen (secondary N) is 9. The first-order valence-electron chi connectivity index (χ1n) is 22.1. The summed E-state index contributed by atoms with van der Waals surface area (Å²) in [5, 5.41) is 49.0. The first-order valence-corrected chi connectivity index (χ1v) is 23.3. The minimum atomic E-state index is -1.97. The van der Waals surface area contributed by atoms with E-state index in [0.717, 1.165) is 6.92 Å². The molecule has 25 nitrogen and oxygen atoms in total. The van der Waals surface area contributed by atoms with E-state index in [0.29, 0.717) is 16.5 Å². The Balaban J connectivity index is 2.48. The Hall–Kier alpha value is -6.45. The molecule has 0 unspecified atom stereocenters. The number of aliphatic carboxylic acids is 2. The van der Waals surface area contributed by atoms with Crippen LogP contribution in [0.4, 0.5) is 0 Å². The lowest BCUT2D eigenvalue weighted by Gasteiger charge is -2.29. The number of benzene rings is 1. The fourth-order valence-corrected chi connectivity index (χ4v) is 7.11. The van der Waals surface area contributed by atoms with Crippen LogP contribution in [0.1, 0.15) is 66.4 Å². The number of primary amides is 1. The van der Waals surface area contributed by atoms with Crippen LogP contribution in [0.15, 0.2) is 30.5 Å². The van der Waals surface area contributed by atoms with Crippen LogP contribution < -0.4 is 54.0 Å². The van der Waals surface area contributed by atoms with Crippen molar-refractivity contribution in [1.29, 1.82) is 0 Å². The Morgan fingerprint density at radius 2 is 1.10 bits per heavy atom. The summed E-state index contributed by atoms with van der Waals surface area (Å²) in [6.07, 6.45) is -2.37. The summed E-state index contributed by atoms with van der Waals surface area (Å²) in [6.45, 7) is 8.99. The number of para-hydroxylation sites is 1. The van der Waals surface area contributed by atoms with E-state index in [4.69, 9.17) is 11.5 Å². The van der Waals surface area contributed by atoms with Crippen molar-refractivity contribution >= 4 is 101 Å². The number of hydrogen-bond donors (Lipinski definition) is 16. The van der Waals surface area contributed by atoms with Crippen molar-refractivity contribution in [1.82, 2.24) is 47.5 Å². The van der Waals surface area contributed by atoms with Gasteiger partial charge in [-0.25, -0.2) is 4.79 Å². The first kappa shape index (κ1) is 59.7. The number of H-pyrrole nitrogens is 1. The fraction of sp³-hybridized carbons (Fsp3) is 0.558. The number of aromatic amines is 1. The van der Waals surface area contributed by atoms with Gasteiger partial charge in [0.15, 0.2) is 0 Å². The zero-order chi connectivity index (χ0) is 53.2. The molecular weight excluding hydrogens is 959 g/mol. The molecule has 0 radical (unpaired) electrons. The summed E-state index contributed by atoms with van der Waals surface area (Å²) in [5.41, 5.74) is 12.2. The summed E-state index contributed by atoms with van der Waals surface area (Å²) in [6, 6.07) is -6.75. The quantitative estimate of drug-likeness (QED) is 0.0349. The lowest BCUT2D eigenvalue weighted by atomic mass is 9.98. The van der Waals surface area contributed by atoms with Gasteiger partial charge in [-0.3, -0.25) is 47.9 Å². The zero-order valence-electron chi connectivity index (χ0n) is 39.4. The number of hydrogen-bond acceptors (Lipinski definition) is 15. The van der Waals surface area contributed by atoms with Gasteiger partial charge in [0.25, 0.3) is 0 Å². The lowest BCUT2D eigenvalue weighted by molar-refractivity contribution is -0.142. The molecule has 9 amide bonds. The number of rotatable bonds is 29. The summed E-state index contributed by atoms with van der Waals surface area (Å²) in [5.74, 6) is -13.3. The molecule has 10 atom stereocenters. The number of aliphatic hydroxyl groups excluding tert-OH is 1. The summed E-state index contributed by atoms with van der Waals surface area (Å²) in [7, 11) is 0. The molecule has 16 N–H and O–H groups in total. The predicted octanol–water partition coefficient (Wildman–Crippen LogP) is -3.69. The van der Waals surface area contributed by atoms with E-state index in [1.807, 2.05) is 0 Å². The van der Waals surface area contributed by atoms with Gasteiger partial charge in [0.2, 0.25) is 53.2 Å². The third-order valence-electron chi connectivity index (χ3n) is 10.5. The Kier molecular flexibility index (Phi) is 24.1. The molecule has 1 aromatic heterocycles. The molecule has 1 aromatic carbocycles. The maximum atomic E-state index is 14.4. The van der Waals surface area contributed by atoms with Crippen LogP contribution in [0, 0.1) is 11.8 Å². The number of carbonyl (C=O) groups is 11. The van der Waals surface area contributed by atoms with E-state index in [1.165, 1.54) is 6.92 Å². The molecule has 70 heavy (non-hydrogen) atoms. The third kappa shape index (κ3) is 18.8. The first-order chi connectivity index (χ1) is 32.7. The van der Waals surface area contributed by atoms with Crippen LogP contribution in [0.2, 0.25) is 0 Å². The van der Waals surface area contributed by atoms with Crippen molar-refractivity contribution in [2.75, 3.05) is 11.5 Å². The highest BCUT2D eigenvalue weighted by Gasteiger charge is 2.37. The lowest BCUT2D eigenvalue weighted by Crippen LogP contribution is -2.62. The van der Waals surface area contributed by atoms with Crippen LogP contribution in [-0.4, -0.2) is 157 Å². The molecule has 0 fully saturated rings. The molecule has 0 bridgehead atoms. The number of fused-ring (bicyclic) bond motifs is 1. The van der Waals surface area contributed by atoms with Crippen molar-refractivity contribution in [2.24, 2.45) is 23.3 Å². The highest BCUT2D eigenvalue weighted by Crippen LogP contribution is 2.20. The van der Waals surface area contributed by atoms with E-state index in [-0.39, 0.29) is 30.3 Å². The number of amides is 9.